The Morgan fingerprint density at radius 2 is 1.78 bits per heavy atom. The molecule has 172 valence electrons. The van der Waals surface area contributed by atoms with Gasteiger partial charge in [-0.25, -0.2) is 4.98 Å². The molecular weight excluding hydrogens is 423 g/mol. The van der Waals surface area contributed by atoms with Crippen LogP contribution in [0.5, 0.6) is 0 Å². The lowest BCUT2D eigenvalue weighted by Crippen LogP contribution is -2.47. The second-order valence-electron chi connectivity index (χ2n) is 8.31. The van der Waals surface area contributed by atoms with Gasteiger partial charge in [-0.1, -0.05) is 12.1 Å². The number of fused-ring (bicyclic) bond motifs is 1. The monoisotopic (exact) mass is 449 g/mol. The van der Waals surface area contributed by atoms with Gasteiger partial charge < -0.3 is 15.2 Å². The van der Waals surface area contributed by atoms with Gasteiger partial charge in [-0.05, 0) is 37.5 Å². The van der Waals surface area contributed by atoms with Crippen molar-refractivity contribution in [1.29, 1.82) is 0 Å². The quantitative estimate of drug-likeness (QED) is 0.777. The molecule has 0 radical (unpaired) electrons. The second-order valence-corrected chi connectivity index (χ2v) is 8.31. The summed E-state index contributed by atoms with van der Waals surface area (Å²) >= 11 is 0. The molecule has 1 unspecified atom stereocenters. The van der Waals surface area contributed by atoms with E-state index in [9.17, 15) is 22.8 Å². The highest BCUT2D eigenvalue weighted by atomic mass is 19.4. The molecule has 10 heteroatoms. The molecule has 1 aromatic heterocycles. The van der Waals surface area contributed by atoms with Gasteiger partial charge in [0.25, 0.3) is 5.56 Å². The number of nitrogens with zero attached hydrogens (tertiary/aromatic N) is 4. The largest absolute Gasteiger partial charge is 0.416 e. The van der Waals surface area contributed by atoms with Crippen LogP contribution < -0.4 is 15.9 Å². The highest BCUT2D eigenvalue weighted by Crippen LogP contribution is 2.30. The van der Waals surface area contributed by atoms with E-state index in [-0.39, 0.29) is 24.1 Å². The summed E-state index contributed by atoms with van der Waals surface area (Å²) in [5.74, 6) is 0.292. The molecule has 7 nitrogen and oxygen atoms in total. The fourth-order valence-electron chi connectivity index (χ4n) is 4.23. The van der Waals surface area contributed by atoms with E-state index in [4.69, 9.17) is 4.98 Å². The van der Waals surface area contributed by atoms with Crippen molar-refractivity contribution < 1.29 is 18.0 Å². The molecule has 1 atom stereocenters. The van der Waals surface area contributed by atoms with Crippen LogP contribution in [0.15, 0.2) is 29.1 Å². The van der Waals surface area contributed by atoms with Crippen molar-refractivity contribution in [1.82, 2.24) is 14.6 Å². The molecule has 0 bridgehead atoms. The van der Waals surface area contributed by atoms with Crippen LogP contribution in [0, 0.1) is 0 Å². The number of carbonyl (C=O) groups is 1. The van der Waals surface area contributed by atoms with Gasteiger partial charge >= 0.3 is 6.18 Å². The Hall–Kier alpha value is -3.04. The van der Waals surface area contributed by atoms with Crippen molar-refractivity contribution in [3.63, 3.8) is 0 Å². The van der Waals surface area contributed by atoms with Gasteiger partial charge in [-0.2, -0.15) is 17.8 Å². The van der Waals surface area contributed by atoms with E-state index in [1.165, 1.54) is 23.7 Å². The van der Waals surface area contributed by atoms with Crippen molar-refractivity contribution in [2.75, 3.05) is 30.0 Å². The average molecular weight is 449 g/mol. The minimum Gasteiger partial charge on any atom is -0.348 e. The lowest BCUT2D eigenvalue weighted by molar-refractivity contribution is -0.137. The fraction of sp³-hybridized carbons (Fsp3) is 0.500. The maximum absolute atomic E-state index is 13.4. The zero-order chi connectivity index (χ0) is 23.0. The summed E-state index contributed by atoms with van der Waals surface area (Å²) in [5, 5.41) is 5.17. The molecular formula is C22H26F3N5O2. The van der Waals surface area contributed by atoms with E-state index in [1.54, 1.807) is 4.90 Å². The first-order valence-corrected chi connectivity index (χ1v) is 10.7. The summed E-state index contributed by atoms with van der Waals surface area (Å²) in [5.41, 5.74) is 0.922. The average Bonchev–Trinajstić information content (AvgIpc) is 3.27. The standard InChI is InChI=1S/C22H26F3N5O2/c1-14(16-5-7-17(8-6-16)22(23,24)25)26-21-27-19-9-12-28(15(2)31)13-18(19)20(32)30(21)29-10-3-4-11-29/h5-8,14H,3-4,9-13H2,1-2H3,(H,26,27). The Morgan fingerprint density at radius 1 is 1.12 bits per heavy atom. The van der Waals surface area contributed by atoms with Crippen LogP contribution >= 0.6 is 0 Å². The summed E-state index contributed by atoms with van der Waals surface area (Å²) in [6, 6.07) is 4.60. The third-order valence-corrected chi connectivity index (χ3v) is 6.10. The van der Waals surface area contributed by atoms with Gasteiger partial charge in [0, 0.05) is 33.0 Å². The first-order valence-electron chi connectivity index (χ1n) is 10.7. The minimum atomic E-state index is -4.39. The molecule has 4 rings (SSSR count). The van der Waals surface area contributed by atoms with E-state index >= 15 is 0 Å². The number of alkyl halides is 3. The maximum Gasteiger partial charge on any atom is 0.416 e. The zero-order valence-corrected chi connectivity index (χ0v) is 18.1. The highest BCUT2D eigenvalue weighted by Gasteiger charge is 2.31. The smallest absolute Gasteiger partial charge is 0.348 e. The fourth-order valence-corrected chi connectivity index (χ4v) is 4.23. The van der Waals surface area contributed by atoms with Gasteiger partial charge in [0.1, 0.15) is 0 Å². The third kappa shape index (κ3) is 4.31. The van der Waals surface area contributed by atoms with Crippen molar-refractivity contribution in [3.05, 3.63) is 57.0 Å². The van der Waals surface area contributed by atoms with E-state index < -0.39 is 11.7 Å². The van der Waals surface area contributed by atoms with Crippen molar-refractivity contribution in [3.8, 4) is 0 Å². The zero-order valence-electron chi connectivity index (χ0n) is 18.1. The normalized spacial score (nSPS) is 17.3. The molecule has 1 fully saturated rings. The molecule has 1 saturated heterocycles. The Labute approximate surface area is 183 Å². The Bertz CT molecular complexity index is 1060. The number of aromatic nitrogens is 2. The lowest BCUT2D eigenvalue weighted by Gasteiger charge is -2.31. The van der Waals surface area contributed by atoms with Gasteiger partial charge in [0.2, 0.25) is 11.9 Å². The maximum atomic E-state index is 13.4. The first kappa shape index (κ1) is 22.2. The minimum absolute atomic E-state index is 0.0825. The summed E-state index contributed by atoms with van der Waals surface area (Å²) < 4.78 is 40.2. The van der Waals surface area contributed by atoms with Crippen LogP contribution in [0.4, 0.5) is 19.1 Å². The number of anilines is 1. The summed E-state index contributed by atoms with van der Waals surface area (Å²) in [6.07, 6.45) is -2.00. The lowest BCUT2D eigenvalue weighted by atomic mass is 10.1. The topological polar surface area (TPSA) is 70.5 Å². The molecule has 2 aliphatic heterocycles. The Kier molecular flexibility index (Phi) is 5.87. The van der Waals surface area contributed by atoms with Crippen LogP contribution in [0.3, 0.4) is 0 Å². The van der Waals surface area contributed by atoms with Crippen LogP contribution in [-0.2, 0) is 23.9 Å². The van der Waals surface area contributed by atoms with Crippen LogP contribution in [0.2, 0.25) is 0 Å². The number of amides is 1. The molecule has 1 amide bonds. The molecule has 32 heavy (non-hydrogen) atoms. The predicted molar refractivity (Wildman–Crippen MR) is 114 cm³/mol. The number of rotatable bonds is 4. The Balaban J connectivity index is 1.68. The van der Waals surface area contributed by atoms with Gasteiger partial charge in [-0.15, -0.1) is 0 Å². The molecule has 3 heterocycles. The third-order valence-electron chi connectivity index (χ3n) is 6.10. The molecule has 1 N–H and O–H groups in total. The molecule has 0 aliphatic carbocycles. The Morgan fingerprint density at radius 3 is 2.38 bits per heavy atom. The van der Waals surface area contributed by atoms with E-state index in [1.807, 2.05) is 11.9 Å². The number of benzene rings is 1. The SMILES string of the molecule is CC(=O)N1CCc2nc(NC(C)c3ccc(C(F)(F)F)cc3)n(N3CCCC3)c(=O)c2C1. The summed E-state index contributed by atoms with van der Waals surface area (Å²) in [6.45, 7) is 5.45. The van der Waals surface area contributed by atoms with Crippen LogP contribution in [0.1, 0.15) is 55.1 Å². The highest BCUT2D eigenvalue weighted by molar-refractivity contribution is 5.73. The molecule has 1 aromatic carbocycles. The van der Waals surface area contributed by atoms with Crippen LogP contribution in [0.25, 0.3) is 0 Å². The van der Waals surface area contributed by atoms with E-state index in [2.05, 4.69) is 5.32 Å². The number of nitrogens with one attached hydrogen (secondary N) is 1. The van der Waals surface area contributed by atoms with Crippen molar-refractivity contribution in [2.45, 2.75) is 51.9 Å². The van der Waals surface area contributed by atoms with Crippen molar-refractivity contribution in [2.24, 2.45) is 0 Å². The van der Waals surface area contributed by atoms with E-state index in [0.29, 0.717) is 48.8 Å². The van der Waals surface area contributed by atoms with Crippen molar-refractivity contribution >= 4 is 11.9 Å². The van der Waals surface area contributed by atoms with E-state index in [0.717, 1.165) is 25.0 Å². The number of halogens is 3. The molecule has 2 aliphatic rings. The number of carbonyl (C=O) groups excluding carboxylic acids is 1. The number of hydrogen-bond donors (Lipinski definition) is 1. The van der Waals surface area contributed by atoms with Gasteiger partial charge in [0.05, 0.1) is 29.4 Å². The summed E-state index contributed by atoms with van der Waals surface area (Å²) in [4.78, 5) is 31.6. The second kappa shape index (κ2) is 8.48. The van der Waals surface area contributed by atoms with Gasteiger partial charge in [0.15, 0.2) is 0 Å². The number of hydrogen-bond acceptors (Lipinski definition) is 5. The predicted octanol–water partition coefficient (Wildman–Crippen LogP) is 3.07. The van der Waals surface area contributed by atoms with Gasteiger partial charge in [-0.3, -0.25) is 9.59 Å². The molecule has 0 saturated carbocycles. The first-order chi connectivity index (χ1) is 15.1. The molecule has 0 spiro atoms. The molecule has 2 aromatic rings. The summed E-state index contributed by atoms with van der Waals surface area (Å²) in [7, 11) is 0. The van der Waals surface area contributed by atoms with Crippen LogP contribution in [-0.4, -0.2) is 40.1 Å².